The maximum atomic E-state index is 13.7. The zero-order chi connectivity index (χ0) is 18.0. The number of aliphatic hydroxyl groups is 1. The van der Waals surface area contributed by atoms with Crippen LogP contribution >= 0.6 is 0 Å². The highest BCUT2D eigenvalue weighted by molar-refractivity contribution is 5.37. The van der Waals surface area contributed by atoms with Gasteiger partial charge in [-0.2, -0.15) is 5.10 Å². The molecule has 6 nitrogen and oxygen atoms in total. The van der Waals surface area contributed by atoms with Crippen molar-refractivity contribution in [1.82, 2.24) is 19.7 Å². The molecule has 3 aromatic rings. The average molecular weight is 345 g/mol. The number of nitrogens with one attached hydrogen (secondary N) is 1. The Morgan fingerprint density at radius 3 is 2.68 bits per heavy atom. The van der Waals surface area contributed by atoms with E-state index in [1.165, 1.54) is 12.3 Å². The predicted molar refractivity (Wildman–Crippen MR) is 88.4 cm³/mol. The standard InChI is InChI=1S/C17H17F2N5O/c1-10-5-11(2)24(23-10)17-9-20-8-16(22-17)21-7-15(25)13-4-3-12(18)6-14(13)19/h3-6,8-9,15,25H,7H2,1-2H3,(H,21,22)/t15-/m1/s1. The fourth-order valence-corrected chi connectivity index (χ4v) is 2.49. The Labute approximate surface area is 143 Å². The van der Waals surface area contributed by atoms with E-state index in [1.54, 1.807) is 10.9 Å². The second-order valence-electron chi connectivity index (χ2n) is 5.66. The molecule has 0 fully saturated rings. The monoisotopic (exact) mass is 345 g/mol. The third-order valence-corrected chi connectivity index (χ3v) is 3.65. The summed E-state index contributed by atoms with van der Waals surface area (Å²) in [6, 6.07) is 4.98. The van der Waals surface area contributed by atoms with Gasteiger partial charge in [-0.15, -0.1) is 0 Å². The van der Waals surface area contributed by atoms with Gasteiger partial charge in [-0.25, -0.2) is 18.4 Å². The van der Waals surface area contributed by atoms with Crippen LogP contribution in [0.5, 0.6) is 0 Å². The number of hydrogen-bond acceptors (Lipinski definition) is 5. The Morgan fingerprint density at radius 2 is 2.00 bits per heavy atom. The lowest BCUT2D eigenvalue weighted by Gasteiger charge is -2.14. The molecule has 0 aliphatic rings. The van der Waals surface area contributed by atoms with E-state index in [4.69, 9.17) is 0 Å². The van der Waals surface area contributed by atoms with Crippen molar-refractivity contribution in [3.8, 4) is 5.82 Å². The van der Waals surface area contributed by atoms with Crippen molar-refractivity contribution in [3.05, 3.63) is 65.2 Å². The minimum Gasteiger partial charge on any atom is -0.386 e. The van der Waals surface area contributed by atoms with Crippen molar-refractivity contribution in [3.63, 3.8) is 0 Å². The maximum Gasteiger partial charge on any atom is 0.174 e. The van der Waals surface area contributed by atoms with Crippen molar-refractivity contribution >= 4 is 5.82 Å². The van der Waals surface area contributed by atoms with Crippen LogP contribution in [-0.4, -0.2) is 31.4 Å². The van der Waals surface area contributed by atoms with Gasteiger partial charge in [0.2, 0.25) is 0 Å². The summed E-state index contributed by atoms with van der Waals surface area (Å²) in [5.41, 5.74) is 1.79. The second-order valence-corrected chi connectivity index (χ2v) is 5.66. The molecule has 8 heteroatoms. The summed E-state index contributed by atoms with van der Waals surface area (Å²) in [5, 5.41) is 17.3. The zero-order valence-electron chi connectivity index (χ0n) is 13.7. The number of aliphatic hydroxyl groups excluding tert-OH is 1. The zero-order valence-corrected chi connectivity index (χ0v) is 13.7. The molecule has 2 aromatic heterocycles. The first-order chi connectivity index (χ1) is 11.9. The Balaban J connectivity index is 1.73. The van der Waals surface area contributed by atoms with Crippen LogP contribution in [0.2, 0.25) is 0 Å². The van der Waals surface area contributed by atoms with Gasteiger partial charge in [0.05, 0.1) is 24.2 Å². The van der Waals surface area contributed by atoms with Crippen molar-refractivity contribution in [1.29, 1.82) is 0 Å². The van der Waals surface area contributed by atoms with E-state index in [-0.39, 0.29) is 12.1 Å². The molecule has 0 radical (unpaired) electrons. The second kappa shape index (κ2) is 6.94. The lowest BCUT2D eigenvalue weighted by atomic mass is 10.1. The van der Waals surface area contributed by atoms with Crippen LogP contribution in [0.4, 0.5) is 14.6 Å². The van der Waals surface area contributed by atoms with E-state index < -0.39 is 17.7 Å². The van der Waals surface area contributed by atoms with E-state index in [9.17, 15) is 13.9 Å². The molecule has 0 unspecified atom stereocenters. The first-order valence-corrected chi connectivity index (χ1v) is 7.66. The fourth-order valence-electron chi connectivity index (χ4n) is 2.49. The minimum absolute atomic E-state index is 0.00218. The van der Waals surface area contributed by atoms with E-state index in [1.807, 2.05) is 19.9 Å². The Hall–Kier alpha value is -2.87. The number of aromatic nitrogens is 4. The van der Waals surface area contributed by atoms with Crippen LogP contribution in [-0.2, 0) is 0 Å². The van der Waals surface area contributed by atoms with E-state index in [2.05, 4.69) is 20.4 Å². The Kier molecular flexibility index (Phi) is 4.71. The number of anilines is 1. The topological polar surface area (TPSA) is 75.9 Å². The van der Waals surface area contributed by atoms with Gasteiger partial charge in [0, 0.05) is 23.9 Å². The van der Waals surface area contributed by atoms with Crippen LogP contribution in [0, 0.1) is 25.5 Å². The van der Waals surface area contributed by atoms with Crippen LogP contribution in [0.3, 0.4) is 0 Å². The fraction of sp³-hybridized carbons (Fsp3) is 0.235. The number of nitrogens with zero attached hydrogens (tertiary/aromatic N) is 4. The lowest BCUT2D eigenvalue weighted by Crippen LogP contribution is -2.15. The van der Waals surface area contributed by atoms with Gasteiger partial charge in [0.1, 0.15) is 17.5 Å². The Morgan fingerprint density at radius 1 is 1.20 bits per heavy atom. The first kappa shape index (κ1) is 17.0. The molecule has 2 heterocycles. The van der Waals surface area contributed by atoms with Gasteiger partial charge < -0.3 is 10.4 Å². The molecule has 0 aliphatic heterocycles. The van der Waals surface area contributed by atoms with Crippen LogP contribution < -0.4 is 5.32 Å². The summed E-state index contributed by atoms with van der Waals surface area (Å²) in [6.07, 6.45) is 1.91. The molecule has 2 N–H and O–H groups in total. The smallest absolute Gasteiger partial charge is 0.174 e. The summed E-state index contributed by atoms with van der Waals surface area (Å²) in [6.45, 7) is 3.78. The molecule has 0 bridgehead atoms. The summed E-state index contributed by atoms with van der Waals surface area (Å²) in [7, 11) is 0. The van der Waals surface area contributed by atoms with Crippen LogP contribution in [0.15, 0.2) is 36.7 Å². The largest absolute Gasteiger partial charge is 0.386 e. The molecule has 3 rings (SSSR count). The number of rotatable bonds is 5. The molecule has 0 amide bonds. The molecule has 1 atom stereocenters. The number of aryl methyl sites for hydroxylation is 2. The van der Waals surface area contributed by atoms with Gasteiger partial charge in [-0.1, -0.05) is 6.07 Å². The third kappa shape index (κ3) is 3.80. The van der Waals surface area contributed by atoms with Crippen molar-refractivity contribution < 1.29 is 13.9 Å². The van der Waals surface area contributed by atoms with E-state index in [0.29, 0.717) is 11.6 Å². The van der Waals surface area contributed by atoms with Crippen LogP contribution in [0.1, 0.15) is 23.1 Å². The summed E-state index contributed by atoms with van der Waals surface area (Å²) in [4.78, 5) is 8.48. The first-order valence-electron chi connectivity index (χ1n) is 7.66. The highest BCUT2D eigenvalue weighted by Crippen LogP contribution is 2.19. The van der Waals surface area contributed by atoms with Crippen molar-refractivity contribution in [2.75, 3.05) is 11.9 Å². The van der Waals surface area contributed by atoms with Gasteiger partial charge in [0.25, 0.3) is 0 Å². The predicted octanol–water partition coefficient (Wildman–Crippen LogP) is 2.70. The van der Waals surface area contributed by atoms with Crippen molar-refractivity contribution in [2.24, 2.45) is 0 Å². The number of hydrogen-bond donors (Lipinski definition) is 2. The highest BCUT2D eigenvalue weighted by atomic mass is 19.1. The molecular weight excluding hydrogens is 328 g/mol. The van der Waals surface area contributed by atoms with Gasteiger partial charge in [-0.3, -0.25) is 4.98 Å². The lowest BCUT2D eigenvalue weighted by molar-refractivity contribution is 0.186. The molecular formula is C17H17F2N5O. The average Bonchev–Trinajstić information content (AvgIpc) is 2.91. The molecule has 0 spiro atoms. The molecule has 0 aliphatic carbocycles. The highest BCUT2D eigenvalue weighted by Gasteiger charge is 2.14. The third-order valence-electron chi connectivity index (χ3n) is 3.65. The molecule has 0 saturated carbocycles. The number of halogens is 2. The van der Waals surface area contributed by atoms with Gasteiger partial charge in [-0.05, 0) is 26.0 Å². The van der Waals surface area contributed by atoms with Gasteiger partial charge >= 0.3 is 0 Å². The molecule has 1 aromatic carbocycles. The van der Waals surface area contributed by atoms with Crippen molar-refractivity contribution in [2.45, 2.75) is 20.0 Å². The van der Waals surface area contributed by atoms with Gasteiger partial charge in [0.15, 0.2) is 5.82 Å². The molecule has 25 heavy (non-hydrogen) atoms. The summed E-state index contributed by atoms with van der Waals surface area (Å²) >= 11 is 0. The quantitative estimate of drug-likeness (QED) is 0.744. The minimum atomic E-state index is -1.15. The SMILES string of the molecule is Cc1cc(C)n(-c2cncc(NC[C@@H](O)c3ccc(F)cc3F)n2)n1. The van der Waals surface area contributed by atoms with Crippen LogP contribution in [0.25, 0.3) is 5.82 Å². The molecule has 130 valence electrons. The van der Waals surface area contributed by atoms with E-state index in [0.717, 1.165) is 23.5 Å². The summed E-state index contributed by atoms with van der Waals surface area (Å²) < 4.78 is 28.3. The molecule has 0 saturated heterocycles. The normalized spacial score (nSPS) is 12.2. The summed E-state index contributed by atoms with van der Waals surface area (Å²) in [5.74, 6) is -0.550. The van der Waals surface area contributed by atoms with E-state index >= 15 is 0 Å². The maximum absolute atomic E-state index is 13.7. The Bertz CT molecular complexity index is 896. The number of benzene rings is 1.